The van der Waals surface area contributed by atoms with E-state index in [0.717, 1.165) is 41.4 Å². The molecule has 3 atom stereocenters. The maximum absolute atomic E-state index is 6.46. The molecule has 0 spiro atoms. The van der Waals surface area contributed by atoms with E-state index in [1.807, 2.05) is 18.7 Å². The van der Waals surface area contributed by atoms with Crippen molar-refractivity contribution >= 4 is 11.6 Å². The lowest BCUT2D eigenvalue weighted by Gasteiger charge is -2.38. The molecule has 4 heteroatoms. The van der Waals surface area contributed by atoms with Crippen LogP contribution < -0.4 is 5.32 Å². The Labute approximate surface area is 134 Å². The van der Waals surface area contributed by atoms with Gasteiger partial charge >= 0.3 is 0 Å². The van der Waals surface area contributed by atoms with Crippen LogP contribution in [-0.4, -0.2) is 23.4 Å². The van der Waals surface area contributed by atoms with Gasteiger partial charge in [-0.05, 0) is 69.9 Å². The van der Waals surface area contributed by atoms with Crippen molar-refractivity contribution in [3.63, 3.8) is 0 Å². The first-order valence-electron chi connectivity index (χ1n) is 8.26. The zero-order valence-corrected chi connectivity index (χ0v) is 14.9. The minimum atomic E-state index is 0.714. The summed E-state index contributed by atoms with van der Waals surface area (Å²) in [5.41, 5.74) is 2.17. The lowest BCUT2D eigenvalue weighted by atomic mass is 9.69. The lowest BCUT2D eigenvalue weighted by Crippen LogP contribution is -2.34. The van der Waals surface area contributed by atoms with E-state index in [-0.39, 0.29) is 0 Å². The van der Waals surface area contributed by atoms with Crippen LogP contribution in [0, 0.1) is 30.6 Å². The van der Waals surface area contributed by atoms with Crippen molar-refractivity contribution in [1.29, 1.82) is 0 Å². The van der Waals surface area contributed by atoms with E-state index in [0.29, 0.717) is 5.92 Å². The van der Waals surface area contributed by atoms with E-state index in [4.69, 9.17) is 11.6 Å². The number of aromatic nitrogens is 2. The Morgan fingerprint density at radius 1 is 1.33 bits per heavy atom. The number of nitrogens with zero attached hydrogens (tertiary/aromatic N) is 2. The smallest absolute Gasteiger partial charge is 0.0847 e. The van der Waals surface area contributed by atoms with Gasteiger partial charge < -0.3 is 5.32 Å². The summed E-state index contributed by atoms with van der Waals surface area (Å²) in [7, 11) is 4.08. The quantitative estimate of drug-likeness (QED) is 0.895. The molecule has 3 nitrogen and oxygen atoms in total. The predicted molar refractivity (Wildman–Crippen MR) is 89.7 cm³/mol. The molecule has 1 saturated carbocycles. The number of aryl methyl sites for hydroxylation is 2. The predicted octanol–water partition coefficient (Wildman–Crippen LogP) is 3.83. The average molecular weight is 312 g/mol. The molecule has 0 amide bonds. The van der Waals surface area contributed by atoms with Gasteiger partial charge in [0.2, 0.25) is 0 Å². The van der Waals surface area contributed by atoms with Crippen molar-refractivity contribution in [3.8, 4) is 0 Å². The summed E-state index contributed by atoms with van der Waals surface area (Å²) in [6.07, 6.45) is 5.10. The van der Waals surface area contributed by atoms with Crippen LogP contribution in [0.15, 0.2) is 0 Å². The van der Waals surface area contributed by atoms with Crippen LogP contribution >= 0.6 is 11.6 Å². The van der Waals surface area contributed by atoms with Crippen LogP contribution in [0.5, 0.6) is 0 Å². The van der Waals surface area contributed by atoms with Crippen LogP contribution in [0.1, 0.15) is 44.5 Å². The molecule has 0 saturated heterocycles. The molecular formula is C17H30ClN3. The Bertz CT molecular complexity index is 467. The van der Waals surface area contributed by atoms with E-state index in [1.54, 1.807) is 0 Å². The number of halogens is 1. The molecule has 3 unspecified atom stereocenters. The van der Waals surface area contributed by atoms with E-state index in [1.165, 1.54) is 25.0 Å². The molecule has 0 bridgehead atoms. The second kappa shape index (κ2) is 7.15. The summed E-state index contributed by atoms with van der Waals surface area (Å²) in [6, 6.07) is 0. The second-order valence-electron chi connectivity index (χ2n) is 7.07. The van der Waals surface area contributed by atoms with Gasteiger partial charge in [-0.1, -0.05) is 25.4 Å². The van der Waals surface area contributed by atoms with E-state index in [2.05, 4.69) is 31.3 Å². The molecule has 1 aromatic rings. The minimum absolute atomic E-state index is 0.714. The summed E-state index contributed by atoms with van der Waals surface area (Å²) in [4.78, 5) is 0. The molecule has 0 aromatic carbocycles. The lowest BCUT2D eigenvalue weighted by molar-refractivity contribution is 0.144. The number of rotatable bonds is 5. The van der Waals surface area contributed by atoms with Crippen molar-refractivity contribution in [2.75, 3.05) is 13.6 Å². The second-order valence-corrected chi connectivity index (χ2v) is 7.45. The summed E-state index contributed by atoms with van der Waals surface area (Å²) < 4.78 is 1.98. The Morgan fingerprint density at radius 3 is 2.57 bits per heavy atom. The fourth-order valence-corrected chi connectivity index (χ4v) is 4.14. The van der Waals surface area contributed by atoms with Gasteiger partial charge in [-0.15, -0.1) is 0 Å². The van der Waals surface area contributed by atoms with Crippen LogP contribution in [0.4, 0.5) is 0 Å². The first-order chi connectivity index (χ1) is 9.93. The third-order valence-corrected chi connectivity index (χ3v) is 5.80. The summed E-state index contributed by atoms with van der Waals surface area (Å²) >= 11 is 6.46. The van der Waals surface area contributed by atoms with Crippen LogP contribution in [-0.2, 0) is 13.5 Å². The first kappa shape index (κ1) is 16.8. The zero-order valence-electron chi connectivity index (χ0n) is 14.1. The third kappa shape index (κ3) is 3.81. The van der Waals surface area contributed by atoms with Gasteiger partial charge in [-0.3, -0.25) is 4.68 Å². The molecule has 21 heavy (non-hydrogen) atoms. The van der Waals surface area contributed by atoms with Crippen LogP contribution in [0.25, 0.3) is 0 Å². The fraction of sp³-hybridized carbons (Fsp3) is 0.824. The zero-order chi connectivity index (χ0) is 15.6. The van der Waals surface area contributed by atoms with E-state index < -0.39 is 0 Å². The van der Waals surface area contributed by atoms with Crippen LogP contribution in [0.2, 0.25) is 5.02 Å². The highest BCUT2D eigenvalue weighted by atomic mass is 35.5. The molecule has 0 radical (unpaired) electrons. The molecule has 120 valence electrons. The highest BCUT2D eigenvalue weighted by Gasteiger charge is 2.32. The molecule has 2 rings (SSSR count). The van der Waals surface area contributed by atoms with Crippen molar-refractivity contribution in [1.82, 2.24) is 15.1 Å². The highest BCUT2D eigenvalue weighted by molar-refractivity contribution is 6.31. The van der Waals surface area contributed by atoms with Gasteiger partial charge in [-0.2, -0.15) is 5.10 Å². The Hall–Kier alpha value is -0.540. The van der Waals surface area contributed by atoms with Gasteiger partial charge in [0, 0.05) is 7.05 Å². The SMILES string of the molecule is CNCC1CCC(C(C)C)CC1Cc1c(Cl)c(C)nn1C. The molecule has 1 aliphatic carbocycles. The Morgan fingerprint density at radius 2 is 2.05 bits per heavy atom. The first-order valence-corrected chi connectivity index (χ1v) is 8.64. The summed E-state index contributed by atoms with van der Waals surface area (Å²) in [5.74, 6) is 3.12. The van der Waals surface area contributed by atoms with Crippen molar-refractivity contribution in [2.24, 2.45) is 30.7 Å². The van der Waals surface area contributed by atoms with E-state index >= 15 is 0 Å². The number of hydrogen-bond donors (Lipinski definition) is 1. The molecule has 0 aliphatic heterocycles. The summed E-state index contributed by atoms with van der Waals surface area (Å²) in [5, 5.41) is 8.71. The standard InChI is InChI=1S/C17H30ClN3/c1-11(2)13-6-7-14(10-19-4)15(8-13)9-16-17(18)12(3)20-21(16)5/h11,13-15,19H,6-10H2,1-5H3. The number of hydrogen-bond acceptors (Lipinski definition) is 2. The van der Waals surface area contributed by atoms with Crippen LogP contribution in [0.3, 0.4) is 0 Å². The van der Waals surface area contributed by atoms with Gasteiger partial charge in [0.1, 0.15) is 0 Å². The average Bonchev–Trinajstić information content (AvgIpc) is 2.67. The van der Waals surface area contributed by atoms with E-state index in [9.17, 15) is 0 Å². The monoisotopic (exact) mass is 311 g/mol. The molecule has 1 heterocycles. The van der Waals surface area contributed by atoms with Gasteiger partial charge in [-0.25, -0.2) is 0 Å². The van der Waals surface area contributed by atoms with Gasteiger partial charge in [0.15, 0.2) is 0 Å². The minimum Gasteiger partial charge on any atom is -0.319 e. The summed E-state index contributed by atoms with van der Waals surface area (Å²) in [6.45, 7) is 7.83. The molecule has 1 fully saturated rings. The largest absolute Gasteiger partial charge is 0.319 e. The Balaban J connectivity index is 2.15. The molecule has 1 N–H and O–H groups in total. The van der Waals surface area contributed by atoms with Crippen molar-refractivity contribution < 1.29 is 0 Å². The van der Waals surface area contributed by atoms with Crippen molar-refractivity contribution in [2.45, 2.75) is 46.5 Å². The molecule has 1 aliphatic rings. The normalized spacial score (nSPS) is 26.5. The maximum Gasteiger partial charge on any atom is 0.0847 e. The topological polar surface area (TPSA) is 29.9 Å². The third-order valence-electron chi connectivity index (χ3n) is 5.31. The van der Waals surface area contributed by atoms with Crippen molar-refractivity contribution in [3.05, 3.63) is 16.4 Å². The molecular weight excluding hydrogens is 282 g/mol. The maximum atomic E-state index is 6.46. The van der Waals surface area contributed by atoms with Gasteiger partial charge in [0.25, 0.3) is 0 Å². The van der Waals surface area contributed by atoms with Gasteiger partial charge in [0.05, 0.1) is 16.4 Å². The number of nitrogens with one attached hydrogen (secondary N) is 1. The highest BCUT2D eigenvalue weighted by Crippen LogP contribution is 2.39. The fourth-order valence-electron chi connectivity index (χ4n) is 3.90. The Kier molecular flexibility index (Phi) is 5.73. The molecule has 1 aromatic heterocycles.